The lowest BCUT2D eigenvalue weighted by molar-refractivity contribution is -0.857. The predicted molar refractivity (Wildman–Crippen MR) is 52.5 cm³/mol. The molecule has 0 aliphatic heterocycles. The van der Waals surface area contributed by atoms with Crippen LogP contribution in [0.5, 0.6) is 0 Å². The zero-order valence-electron chi connectivity index (χ0n) is 8.60. The van der Waals surface area contributed by atoms with E-state index in [1.165, 1.54) is 0 Å². The Morgan fingerprint density at radius 1 is 1.07 bits per heavy atom. The Labute approximate surface area is 82.6 Å². The summed E-state index contributed by atoms with van der Waals surface area (Å²) in [5, 5.41) is 12.5. The monoisotopic (exact) mass is 189 g/mol. The summed E-state index contributed by atoms with van der Waals surface area (Å²) in [4.78, 5) is 1.63. The Morgan fingerprint density at radius 2 is 1.71 bits per heavy atom. The van der Waals surface area contributed by atoms with Crippen molar-refractivity contribution in [3.8, 4) is 0 Å². The molecule has 0 amide bonds. The van der Waals surface area contributed by atoms with E-state index in [0.29, 0.717) is 0 Å². The van der Waals surface area contributed by atoms with Gasteiger partial charge in [0.2, 0.25) is 5.52 Å². The van der Waals surface area contributed by atoms with Crippen molar-refractivity contribution in [1.29, 1.82) is 0 Å². The molecule has 1 heterocycles. The number of hydrogen-bond donors (Lipinski definition) is 0. The molecule has 0 saturated carbocycles. The minimum absolute atomic E-state index is 0.128. The molecule has 0 unspecified atom stereocenters. The second-order valence-corrected chi connectivity index (χ2v) is 4.24. The van der Waals surface area contributed by atoms with Gasteiger partial charge in [-0.2, -0.15) is 0 Å². The Balaban J connectivity index is 2.63. The van der Waals surface area contributed by atoms with Crippen molar-refractivity contribution < 1.29 is 4.80 Å². The fourth-order valence-corrected chi connectivity index (χ4v) is 1.13. The highest BCUT2D eigenvalue weighted by atomic mass is 15.6. The van der Waals surface area contributed by atoms with Crippen molar-refractivity contribution in [2.75, 3.05) is 0 Å². The van der Waals surface area contributed by atoms with Gasteiger partial charge in [0.25, 0.3) is 0 Å². The molecule has 4 heteroatoms. The summed E-state index contributed by atoms with van der Waals surface area (Å²) < 4.78 is 0. The van der Waals surface area contributed by atoms with Crippen LogP contribution >= 0.6 is 0 Å². The zero-order valence-corrected chi connectivity index (χ0v) is 8.60. The van der Waals surface area contributed by atoms with Crippen LogP contribution in [0.2, 0.25) is 0 Å². The first-order valence-electron chi connectivity index (χ1n) is 4.60. The predicted octanol–water partition coefficient (Wildman–Crippen LogP) is 1.07. The second kappa shape index (κ2) is 2.97. The smallest absolute Gasteiger partial charge is 0.0596 e. The average molecular weight is 189 g/mol. The maximum atomic E-state index is 4.39. The molecule has 14 heavy (non-hydrogen) atoms. The topological polar surface area (TPSA) is 42.5 Å². The zero-order chi connectivity index (χ0) is 10.2. The van der Waals surface area contributed by atoms with E-state index in [0.717, 1.165) is 11.0 Å². The number of rotatable bonds is 0. The maximum absolute atomic E-state index is 4.39. The molecule has 4 nitrogen and oxygen atoms in total. The molecular weight excluding hydrogens is 176 g/mol. The Bertz CT molecular complexity index is 459. The summed E-state index contributed by atoms with van der Waals surface area (Å²) in [5.41, 5.74) is 1.57. The number of hydrogen-bond acceptors (Lipinski definition) is 3. The molecule has 0 N–H and O–H groups in total. The van der Waals surface area contributed by atoms with E-state index in [1.54, 1.807) is 4.80 Å². The van der Waals surface area contributed by atoms with Crippen LogP contribution in [0.3, 0.4) is 0 Å². The van der Waals surface area contributed by atoms with Gasteiger partial charge < -0.3 is 0 Å². The van der Waals surface area contributed by atoms with Gasteiger partial charge in [0.05, 0.1) is 5.10 Å². The number of nitrogens with zero attached hydrogens (tertiary/aromatic N) is 4. The maximum Gasteiger partial charge on any atom is 0.232 e. The summed E-state index contributed by atoms with van der Waals surface area (Å²) in [7, 11) is 0. The van der Waals surface area contributed by atoms with Crippen LogP contribution in [0.1, 0.15) is 20.8 Å². The van der Waals surface area contributed by atoms with E-state index in [-0.39, 0.29) is 5.54 Å². The molecule has 0 spiro atoms. The van der Waals surface area contributed by atoms with Crippen molar-refractivity contribution in [3.05, 3.63) is 24.3 Å². The molecule has 2 aromatic rings. The minimum atomic E-state index is -0.128. The van der Waals surface area contributed by atoms with Crippen LogP contribution in [-0.2, 0) is 5.54 Å². The van der Waals surface area contributed by atoms with Crippen molar-refractivity contribution in [2.24, 2.45) is 0 Å². The fourth-order valence-electron chi connectivity index (χ4n) is 1.13. The summed E-state index contributed by atoms with van der Waals surface area (Å²) >= 11 is 0. The molecule has 0 bridgehead atoms. The minimum Gasteiger partial charge on any atom is -0.0596 e. The molecule has 1 aromatic carbocycles. The Hall–Kier alpha value is -1.58. The van der Waals surface area contributed by atoms with E-state index in [9.17, 15) is 0 Å². The van der Waals surface area contributed by atoms with Gasteiger partial charge in [-0.3, -0.25) is 0 Å². The van der Waals surface area contributed by atoms with Crippen molar-refractivity contribution in [3.63, 3.8) is 0 Å². The molecule has 0 atom stereocenters. The van der Waals surface area contributed by atoms with Gasteiger partial charge in [-0.05, 0) is 37.7 Å². The fraction of sp³-hybridized carbons (Fsp3) is 0.400. The van der Waals surface area contributed by atoms with E-state index >= 15 is 0 Å². The largest absolute Gasteiger partial charge is 0.232 e. The molecule has 2 rings (SSSR count). The first-order valence-corrected chi connectivity index (χ1v) is 4.60. The SMILES string of the molecule is CC(C)(C)[n+]1nnc2ccccc2n1. The molecule has 1 aromatic heterocycles. The summed E-state index contributed by atoms with van der Waals surface area (Å²) in [6.45, 7) is 6.14. The molecule has 0 saturated heterocycles. The second-order valence-electron chi connectivity index (χ2n) is 4.24. The van der Waals surface area contributed by atoms with Gasteiger partial charge >= 0.3 is 0 Å². The third kappa shape index (κ3) is 1.55. The lowest BCUT2D eigenvalue weighted by Crippen LogP contribution is -2.56. The number of benzene rings is 1. The third-order valence-corrected chi connectivity index (χ3v) is 1.92. The molecule has 0 radical (unpaired) electrons. The normalized spacial score (nSPS) is 11.9. The van der Waals surface area contributed by atoms with Crippen LogP contribution in [0, 0.1) is 0 Å². The van der Waals surface area contributed by atoms with Gasteiger partial charge in [-0.15, -0.1) is 0 Å². The highest BCUT2D eigenvalue weighted by molar-refractivity contribution is 5.71. The third-order valence-electron chi connectivity index (χ3n) is 1.92. The summed E-state index contributed by atoms with van der Waals surface area (Å²) in [5.74, 6) is 0. The van der Waals surface area contributed by atoms with Crippen LogP contribution in [-0.4, -0.2) is 15.4 Å². The lowest BCUT2D eigenvalue weighted by atomic mass is 10.1. The van der Waals surface area contributed by atoms with E-state index in [4.69, 9.17) is 0 Å². The molecule has 0 aliphatic rings. The molecule has 72 valence electrons. The number of aromatic nitrogens is 4. The summed E-state index contributed by atoms with van der Waals surface area (Å²) in [6.07, 6.45) is 0. The van der Waals surface area contributed by atoms with Gasteiger partial charge in [-0.25, -0.2) is 0 Å². The Kier molecular flexibility index (Phi) is 1.91. The first kappa shape index (κ1) is 8.99. The van der Waals surface area contributed by atoms with E-state index in [2.05, 4.69) is 15.4 Å². The van der Waals surface area contributed by atoms with Crippen molar-refractivity contribution >= 4 is 11.0 Å². The standard InChI is InChI=1S/C10H13N4/c1-10(2,3)14-12-9-7-5-4-6-8(9)11-13-14/h4-7H,1-3H3/q+1. The van der Waals surface area contributed by atoms with Gasteiger partial charge in [0.15, 0.2) is 10.7 Å². The average Bonchev–Trinajstić information content (AvgIpc) is 2.16. The van der Waals surface area contributed by atoms with Crippen LogP contribution in [0.15, 0.2) is 24.3 Å². The highest BCUT2D eigenvalue weighted by Crippen LogP contribution is 2.05. The highest BCUT2D eigenvalue weighted by Gasteiger charge is 2.22. The molecular formula is C10H13N4+. The number of fused-ring (bicyclic) bond motifs is 1. The van der Waals surface area contributed by atoms with Gasteiger partial charge in [0.1, 0.15) is 5.54 Å². The van der Waals surface area contributed by atoms with Crippen molar-refractivity contribution in [1.82, 2.24) is 15.4 Å². The van der Waals surface area contributed by atoms with Crippen molar-refractivity contribution in [2.45, 2.75) is 26.3 Å². The van der Waals surface area contributed by atoms with Crippen LogP contribution < -0.4 is 4.80 Å². The molecule has 0 aliphatic carbocycles. The van der Waals surface area contributed by atoms with Crippen LogP contribution in [0.4, 0.5) is 0 Å². The Morgan fingerprint density at radius 3 is 2.36 bits per heavy atom. The van der Waals surface area contributed by atoms with E-state index in [1.807, 2.05) is 45.0 Å². The van der Waals surface area contributed by atoms with Crippen LogP contribution in [0.25, 0.3) is 11.0 Å². The quantitative estimate of drug-likeness (QED) is 0.582. The first-order chi connectivity index (χ1) is 6.57. The van der Waals surface area contributed by atoms with Gasteiger partial charge in [0, 0.05) is 0 Å². The lowest BCUT2D eigenvalue weighted by Gasteiger charge is -2.10. The molecule has 0 fully saturated rings. The van der Waals surface area contributed by atoms with E-state index < -0.39 is 0 Å². The summed E-state index contributed by atoms with van der Waals surface area (Å²) in [6, 6.07) is 7.72. The van der Waals surface area contributed by atoms with Gasteiger partial charge in [-0.1, -0.05) is 17.2 Å².